The van der Waals surface area contributed by atoms with Gasteiger partial charge in [-0.3, -0.25) is 29.4 Å². The van der Waals surface area contributed by atoms with E-state index in [9.17, 15) is 19.2 Å². The average molecular weight is 439 g/mol. The van der Waals surface area contributed by atoms with Crippen LogP contribution in [0.25, 0.3) is 0 Å². The molecule has 3 aliphatic heterocycles. The Morgan fingerprint density at radius 3 is 2.66 bits per heavy atom. The first-order chi connectivity index (χ1) is 15.5. The van der Waals surface area contributed by atoms with Crippen LogP contribution in [0.3, 0.4) is 0 Å². The maximum Gasteiger partial charge on any atom is 0.262 e. The van der Waals surface area contributed by atoms with Crippen molar-refractivity contribution >= 4 is 23.6 Å². The summed E-state index contributed by atoms with van der Waals surface area (Å²) in [6.45, 7) is 2.68. The molecule has 0 radical (unpaired) electrons. The van der Waals surface area contributed by atoms with Crippen LogP contribution < -0.4 is 16.0 Å². The quantitative estimate of drug-likeness (QED) is 0.602. The molecule has 0 bridgehead atoms. The number of piperidine rings is 2. The van der Waals surface area contributed by atoms with Gasteiger partial charge in [0.1, 0.15) is 6.04 Å². The zero-order chi connectivity index (χ0) is 22.3. The Hall–Kier alpha value is -2.58. The second-order valence-corrected chi connectivity index (χ2v) is 9.65. The molecule has 5 rings (SSSR count). The predicted octanol–water partition coefficient (Wildman–Crippen LogP) is 1.49. The molecule has 3 heterocycles. The predicted molar refractivity (Wildman–Crippen MR) is 117 cm³/mol. The van der Waals surface area contributed by atoms with E-state index in [-0.39, 0.29) is 18.7 Å². The fourth-order valence-corrected chi connectivity index (χ4v) is 6.02. The lowest BCUT2D eigenvalue weighted by Gasteiger charge is -2.48. The van der Waals surface area contributed by atoms with Gasteiger partial charge in [-0.25, -0.2) is 0 Å². The Morgan fingerprint density at radius 2 is 1.81 bits per heavy atom. The molecule has 1 aromatic carbocycles. The molecule has 170 valence electrons. The van der Waals surface area contributed by atoms with Crippen molar-refractivity contribution < 1.29 is 19.2 Å². The van der Waals surface area contributed by atoms with Crippen LogP contribution in [0.2, 0.25) is 0 Å². The van der Waals surface area contributed by atoms with Gasteiger partial charge in [-0.2, -0.15) is 0 Å². The molecule has 3 fully saturated rings. The molecule has 1 saturated carbocycles. The lowest BCUT2D eigenvalue weighted by Crippen LogP contribution is -2.55. The summed E-state index contributed by atoms with van der Waals surface area (Å²) in [7, 11) is 0. The van der Waals surface area contributed by atoms with Crippen LogP contribution in [0.1, 0.15) is 77.6 Å². The minimum Gasteiger partial charge on any atom is -0.313 e. The van der Waals surface area contributed by atoms with Gasteiger partial charge in [0.05, 0.1) is 11.1 Å². The first kappa shape index (κ1) is 21.3. The Labute approximate surface area is 187 Å². The second kappa shape index (κ2) is 8.41. The summed E-state index contributed by atoms with van der Waals surface area (Å²) < 4.78 is 0. The number of hydrogen-bond acceptors (Lipinski definition) is 6. The maximum absolute atomic E-state index is 13.0. The fraction of sp³-hybridized carbons (Fsp3) is 0.583. The molecular formula is C24H30N4O4. The molecule has 3 N–H and O–H groups in total. The third-order valence-corrected chi connectivity index (χ3v) is 7.71. The molecule has 4 aliphatic rings. The molecule has 1 unspecified atom stereocenters. The number of carbonyl (C=O) groups is 4. The van der Waals surface area contributed by atoms with Crippen molar-refractivity contribution in [1.29, 1.82) is 0 Å². The summed E-state index contributed by atoms with van der Waals surface area (Å²) in [5, 5.41) is 9.56. The van der Waals surface area contributed by atoms with E-state index in [1.807, 2.05) is 6.07 Å². The van der Waals surface area contributed by atoms with Crippen molar-refractivity contribution in [3.05, 3.63) is 34.9 Å². The van der Waals surface area contributed by atoms with Crippen LogP contribution in [0.4, 0.5) is 0 Å². The third-order valence-electron chi connectivity index (χ3n) is 7.71. The van der Waals surface area contributed by atoms with Gasteiger partial charge in [-0.1, -0.05) is 18.9 Å². The number of amides is 4. The van der Waals surface area contributed by atoms with E-state index in [2.05, 4.69) is 16.0 Å². The van der Waals surface area contributed by atoms with Gasteiger partial charge >= 0.3 is 0 Å². The Balaban J connectivity index is 1.27. The van der Waals surface area contributed by atoms with E-state index in [0.717, 1.165) is 23.6 Å². The monoisotopic (exact) mass is 438 g/mol. The number of fused-ring (bicyclic) bond motifs is 2. The largest absolute Gasteiger partial charge is 0.313 e. The summed E-state index contributed by atoms with van der Waals surface area (Å²) in [6.07, 6.45) is 7.82. The third kappa shape index (κ3) is 3.65. The van der Waals surface area contributed by atoms with Gasteiger partial charge in [-0.05, 0) is 61.8 Å². The van der Waals surface area contributed by atoms with Crippen molar-refractivity contribution in [1.82, 2.24) is 20.9 Å². The second-order valence-electron chi connectivity index (χ2n) is 9.65. The van der Waals surface area contributed by atoms with Gasteiger partial charge in [0, 0.05) is 25.6 Å². The molecular weight excluding hydrogens is 408 g/mol. The van der Waals surface area contributed by atoms with Gasteiger partial charge in [0.2, 0.25) is 11.8 Å². The smallest absolute Gasteiger partial charge is 0.262 e. The summed E-state index contributed by atoms with van der Waals surface area (Å²) in [4.78, 5) is 50.5. The Bertz CT molecular complexity index is 963. The molecule has 0 aromatic heterocycles. The standard InChI is InChI=1S/C24H30N4O4/c29-20-8-7-18(21(30)27-20)28-22(31)16-6-5-15(12-17(16)23(28)32)13-25-14-24-9-2-1-4-19(24)26-11-3-10-24/h5-6,12,18-19,25-26H,1-4,7-11,13-14H2,(H,27,29,30)/t18?,19-,24+/m0/s1. The summed E-state index contributed by atoms with van der Waals surface area (Å²) in [5.74, 6) is -1.87. The molecule has 0 spiro atoms. The topological polar surface area (TPSA) is 108 Å². The van der Waals surface area contributed by atoms with Crippen LogP contribution in [0, 0.1) is 5.41 Å². The van der Waals surface area contributed by atoms with Crippen molar-refractivity contribution in [2.75, 3.05) is 13.1 Å². The van der Waals surface area contributed by atoms with Crippen molar-refractivity contribution in [2.45, 2.75) is 70.0 Å². The van der Waals surface area contributed by atoms with Gasteiger partial charge in [0.15, 0.2) is 0 Å². The summed E-state index contributed by atoms with van der Waals surface area (Å²) in [6, 6.07) is 4.98. The normalized spacial score (nSPS) is 30.2. The first-order valence-corrected chi connectivity index (χ1v) is 11.8. The van der Waals surface area contributed by atoms with E-state index in [0.29, 0.717) is 29.1 Å². The average Bonchev–Trinajstić information content (AvgIpc) is 3.03. The molecule has 3 atom stereocenters. The number of imide groups is 2. The SMILES string of the molecule is O=C1CCC(N2C(=O)c3ccc(CNC[C@]45CCCC[C@@H]4NCCC5)cc3C2=O)C(=O)N1. The van der Waals surface area contributed by atoms with Crippen molar-refractivity contribution in [3.63, 3.8) is 0 Å². The molecule has 32 heavy (non-hydrogen) atoms. The first-order valence-electron chi connectivity index (χ1n) is 11.8. The number of nitrogens with zero attached hydrogens (tertiary/aromatic N) is 1. The molecule has 1 aromatic rings. The van der Waals surface area contributed by atoms with Gasteiger partial charge < -0.3 is 10.6 Å². The molecule has 2 saturated heterocycles. The van der Waals surface area contributed by atoms with Crippen LogP contribution in [0.5, 0.6) is 0 Å². The Morgan fingerprint density at radius 1 is 1.00 bits per heavy atom. The Kier molecular flexibility index (Phi) is 5.59. The number of carbonyl (C=O) groups excluding carboxylic acids is 4. The van der Waals surface area contributed by atoms with Crippen molar-refractivity contribution in [3.8, 4) is 0 Å². The zero-order valence-corrected chi connectivity index (χ0v) is 18.2. The zero-order valence-electron chi connectivity index (χ0n) is 18.2. The molecule has 1 aliphatic carbocycles. The lowest BCUT2D eigenvalue weighted by atomic mass is 9.66. The summed E-state index contributed by atoms with van der Waals surface area (Å²) >= 11 is 0. The van der Waals surface area contributed by atoms with Crippen LogP contribution in [-0.2, 0) is 16.1 Å². The van der Waals surface area contributed by atoms with Gasteiger partial charge in [-0.15, -0.1) is 0 Å². The van der Waals surface area contributed by atoms with Crippen molar-refractivity contribution in [2.24, 2.45) is 5.41 Å². The number of rotatable bonds is 5. The lowest BCUT2D eigenvalue weighted by molar-refractivity contribution is -0.136. The molecule has 8 nitrogen and oxygen atoms in total. The number of benzene rings is 1. The van der Waals surface area contributed by atoms with Crippen LogP contribution in [0.15, 0.2) is 18.2 Å². The highest BCUT2D eigenvalue weighted by molar-refractivity contribution is 6.23. The summed E-state index contributed by atoms with van der Waals surface area (Å²) in [5.41, 5.74) is 1.92. The van der Waals surface area contributed by atoms with Crippen LogP contribution >= 0.6 is 0 Å². The van der Waals surface area contributed by atoms with E-state index in [1.54, 1.807) is 12.1 Å². The highest BCUT2D eigenvalue weighted by atomic mass is 16.2. The maximum atomic E-state index is 13.0. The fourth-order valence-electron chi connectivity index (χ4n) is 6.02. The highest BCUT2D eigenvalue weighted by Gasteiger charge is 2.45. The molecule has 4 amide bonds. The highest BCUT2D eigenvalue weighted by Crippen LogP contribution is 2.42. The van der Waals surface area contributed by atoms with E-state index >= 15 is 0 Å². The minimum absolute atomic E-state index is 0.122. The number of nitrogens with one attached hydrogen (secondary N) is 3. The van der Waals surface area contributed by atoms with E-state index in [1.165, 1.54) is 38.5 Å². The van der Waals surface area contributed by atoms with Crippen LogP contribution in [-0.4, -0.2) is 53.7 Å². The van der Waals surface area contributed by atoms with E-state index < -0.39 is 23.8 Å². The number of hydrogen-bond donors (Lipinski definition) is 3. The molecule has 8 heteroatoms. The van der Waals surface area contributed by atoms with Gasteiger partial charge in [0.25, 0.3) is 11.8 Å². The van der Waals surface area contributed by atoms with E-state index in [4.69, 9.17) is 0 Å². The minimum atomic E-state index is -0.928.